The van der Waals surface area contributed by atoms with E-state index >= 15 is 0 Å². The van der Waals surface area contributed by atoms with Crippen LogP contribution in [0.15, 0.2) is 48.6 Å². The summed E-state index contributed by atoms with van der Waals surface area (Å²) in [5, 5.41) is 35.9. The van der Waals surface area contributed by atoms with Crippen molar-refractivity contribution in [1.82, 2.24) is 0 Å². The van der Waals surface area contributed by atoms with Crippen LogP contribution in [0, 0.1) is 69.0 Å². The number of ether oxygens (including phenoxy) is 12. The van der Waals surface area contributed by atoms with Crippen molar-refractivity contribution < 1.29 is 108 Å². The van der Waals surface area contributed by atoms with Crippen LogP contribution in [0.25, 0.3) is 0 Å². The first kappa shape index (κ1) is 38.0. The van der Waals surface area contributed by atoms with Crippen LogP contribution in [-0.2, 0) is 56.8 Å². The fourth-order valence-corrected chi connectivity index (χ4v) is 9.57. The lowest BCUT2D eigenvalue weighted by Crippen LogP contribution is -2.44. The van der Waals surface area contributed by atoms with Crippen molar-refractivity contribution in [3.63, 3.8) is 0 Å². The van der Waals surface area contributed by atoms with Gasteiger partial charge in [-0.05, 0) is 37.1 Å². The van der Waals surface area contributed by atoms with E-state index in [2.05, 4.69) is 24.3 Å². The molecule has 8 bridgehead atoms. The van der Waals surface area contributed by atoms with Crippen LogP contribution in [0.2, 0.25) is 0 Å². The third-order valence-electron chi connectivity index (χ3n) is 12.3. The summed E-state index contributed by atoms with van der Waals surface area (Å²) in [6.07, 6.45) is 17.2. The summed E-state index contributed by atoms with van der Waals surface area (Å²) in [6.45, 7) is 4.83. The van der Waals surface area contributed by atoms with Crippen LogP contribution >= 0.6 is 0 Å². The zero-order valence-electron chi connectivity index (χ0n) is 30.7. The van der Waals surface area contributed by atoms with Gasteiger partial charge in [0.2, 0.25) is 0 Å². The minimum Gasteiger partial charge on any atom is -0.357 e. The predicted octanol–water partition coefficient (Wildman–Crippen LogP) is 11.2. The predicted molar refractivity (Wildman–Crippen MR) is 261 cm³/mol. The van der Waals surface area contributed by atoms with Gasteiger partial charge in [0.05, 0.1) is 125 Å². The summed E-state index contributed by atoms with van der Waals surface area (Å²) in [5.41, 5.74) is -2.23. The molecule has 0 N–H and O–H groups in total. The molecule has 12 atom stereocenters. The maximum Gasteiger partial charge on any atom is 0.191 e. The largest absolute Gasteiger partial charge is 0.357 e. The average Bonchev–Trinajstić information content (AvgIpc) is 4.09. The van der Waals surface area contributed by atoms with Crippen molar-refractivity contribution in [3.05, 3.63) is 48.6 Å². The van der Waals surface area contributed by atoms with E-state index in [0.29, 0.717) is 65.7 Å². The van der Waals surface area contributed by atoms with Crippen molar-refractivity contribution in [2.45, 2.75) is 97.7 Å². The van der Waals surface area contributed by atoms with Crippen LogP contribution in [0.1, 0.15) is 77.0 Å². The summed E-state index contributed by atoms with van der Waals surface area (Å²) in [6, 6.07) is 9.07. The van der Waals surface area contributed by atoms with Gasteiger partial charge in [-0.15, -0.1) is 0 Å². The Labute approximate surface area is 378 Å². The Morgan fingerprint density at radius 1 is 0.429 bits per heavy atom. The highest BCUT2D eigenvalue weighted by atomic mass is 16.8. The van der Waals surface area contributed by atoms with Crippen molar-refractivity contribution in [3.8, 4) is 24.3 Å². The summed E-state index contributed by atoms with van der Waals surface area (Å²) in [5.74, 6) is -0.373. The van der Waals surface area contributed by atoms with Gasteiger partial charge in [0.1, 0.15) is 11.2 Å². The second kappa shape index (κ2) is 15.3. The van der Waals surface area contributed by atoms with Crippen molar-refractivity contribution in [2.75, 3.05) is 52.9 Å². The van der Waals surface area contributed by atoms with E-state index in [9.17, 15) is 0 Å². The zero-order chi connectivity index (χ0) is 38.4. The van der Waals surface area contributed by atoms with Crippen LogP contribution in [0.3, 0.4) is 0 Å². The summed E-state index contributed by atoms with van der Waals surface area (Å²) in [7, 11) is 0. The monoisotopic (exact) mass is 845 g/mol. The average molecular weight is 845 g/mol. The molecule has 8 saturated heterocycles. The van der Waals surface area contributed by atoms with Gasteiger partial charge in [0.15, 0.2) is 36.4 Å². The third-order valence-corrected chi connectivity index (χ3v) is 12.3. The Balaban J connectivity index is -0.0000000202. The maximum absolute atomic E-state index is 9.04. The summed E-state index contributed by atoms with van der Waals surface area (Å²) in [4.78, 5) is 0. The number of rotatable bonds is 4. The number of nitrogens with zero attached hydrogens (tertiary/aromatic N) is 4. The Bertz CT molecular complexity index is 1740. The molecule has 12 rings (SSSR count). The van der Waals surface area contributed by atoms with Gasteiger partial charge in [-0.3, -0.25) is 0 Å². The van der Waals surface area contributed by atoms with E-state index in [1.54, 1.807) is 0 Å². The molecule has 56 heavy (non-hydrogen) atoms. The van der Waals surface area contributed by atoms with E-state index in [1.165, 1.54) is 0 Å². The molecule has 0 spiro atoms. The van der Waals surface area contributed by atoms with Gasteiger partial charge in [-0.25, -0.2) is 0 Å². The van der Waals surface area contributed by atoms with Crippen molar-refractivity contribution in [2.24, 2.45) is 23.7 Å². The van der Waals surface area contributed by atoms with Gasteiger partial charge < -0.3 is 56.8 Å². The molecular formula is C40H116N4O12. The fourth-order valence-electron chi connectivity index (χ4n) is 9.57. The molecule has 12 aliphatic rings. The minimum absolute atomic E-state index is 0. The first-order valence-electron chi connectivity index (χ1n) is 19.4. The Morgan fingerprint density at radius 3 is 1.09 bits per heavy atom. The molecule has 16 heteroatoms. The van der Waals surface area contributed by atoms with E-state index in [0.717, 1.165) is 12.8 Å². The van der Waals surface area contributed by atoms with E-state index in [1.807, 2.05) is 48.6 Å². The second-order valence-corrected chi connectivity index (χ2v) is 15.5. The molecule has 0 radical (unpaired) electrons. The molecule has 12 aliphatic heterocycles. The highest BCUT2D eigenvalue weighted by molar-refractivity contribution is 5.28. The SMILES string of the molecule is N#CC1C[C@@H]2C=C[C@@]1(C1OCCO1)O2.N#CC1C[C@@H]2C=C[C@@]1(C1OCCO1)O2.N#CC1C[C@@]2(C3OCCO3)C=C[C@@H]1O2.N#CC1C[C@@]2(C3OCCO3)C=C[C@@H]1O2.[HH].[HH].[HH].[HH].[HH].[HH].[HH].[HH].[HH].[HH].[HH].[HH].[HH].[HH].[HH].[HH].[HH].[HH].[HH].[HH].[HH].[HH].[HH].[HH].[HH].[HH].[HH].[HH].[HH].[HH].[HH].[HH].[HH].[HH].[HH].[HH]. The first-order chi connectivity index (χ1) is 27.4. The van der Waals surface area contributed by atoms with E-state index < -0.39 is 35.0 Å². The molecule has 368 valence electrons. The highest BCUT2D eigenvalue weighted by Crippen LogP contribution is 2.49. The summed E-state index contributed by atoms with van der Waals surface area (Å²) < 4.78 is 66.6. The second-order valence-electron chi connectivity index (χ2n) is 15.5. The van der Waals surface area contributed by atoms with Crippen LogP contribution < -0.4 is 0 Å². The van der Waals surface area contributed by atoms with Crippen LogP contribution in [-0.4, -0.2) is 125 Å². The van der Waals surface area contributed by atoms with Gasteiger partial charge >= 0.3 is 0 Å². The Hall–Kier alpha value is -3.56. The molecule has 0 amide bonds. The van der Waals surface area contributed by atoms with Crippen molar-refractivity contribution in [1.29, 1.82) is 21.0 Å². The molecule has 0 aromatic rings. The lowest BCUT2D eigenvalue weighted by Gasteiger charge is -2.30. The zero-order valence-corrected chi connectivity index (χ0v) is 30.7. The number of hydrogen-bond donors (Lipinski definition) is 0. The molecule has 12 heterocycles. The minimum atomic E-state index is -0.629. The Morgan fingerprint density at radius 2 is 0.786 bits per heavy atom. The molecule has 8 fully saturated rings. The van der Waals surface area contributed by atoms with Gasteiger partial charge in [0.25, 0.3) is 0 Å². The molecule has 16 nitrogen and oxygen atoms in total. The van der Waals surface area contributed by atoms with Gasteiger partial charge in [-0.2, -0.15) is 21.0 Å². The number of fused-ring (bicyclic) bond motifs is 8. The molecular weight excluding hydrogens is 728 g/mol. The molecule has 0 saturated carbocycles. The fraction of sp³-hybridized carbons (Fsp3) is 0.700. The smallest absolute Gasteiger partial charge is 0.191 e. The number of hydrogen-bond acceptors (Lipinski definition) is 16. The molecule has 0 aliphatic carbocycles. The standard InChI is InChI=1S/4C10H11NO3.36H2/c2*11-6-7-5-10(2-1-8(7)14-10)9-12-3-4-13-9;2*11-6-7-5-8-1-2-10(7,14-8)9-12-3-4-13-9;;;;;;;;;;;;;;;;;;;;;;;;;;;;;;;;;;;;/h4*1-2,7-9H,3-5H2;36*1H/t4*7?,8-,10+;;;;;;;;;;;;;;;;;;;;;;;;;;;;;;;;;;;;/m0000..................................../s1. The molecule has 0 aromatic carbocycles. The quantitative estimate of drug-likeness (QED) is 0.241. The maximum atomic E-state index is 9.04. The molecule has 4 unspecified atom stereocenters. The topological polar surface area (TPSA) is 206 Å². The first-order valence-corrected chi connectivity index (χ1v) is 19.4. The van der Waals surface area contributed by atoms with E-state index in [4.69, 9.17) is 77.9 Å². The lowest BCUT2D eigenvalue weighted by molar-refractivity contribution is -0.172. The van der Waals surface area contributed by atoms with E-state index in [-0.39, 0.29) is 112 Å². The highest BCUT2D eigenvalue weighted by Gasteiger charge is 2.59. The lowest BCUT2D eigenvalue weighted by atomic mass is 9.83. The van der Waals surface area contributed by atoms with Gasteiger partial charge in [0, 0.05) is 64.2 Å². The van der Waals surface area contributed by atoms with Crippen LogP contribution in [0.5, 0.6) is 0 Å². The number of nitriles is 4. The van der Waals surface area contributed by atoms with Gasteiger partial charge in [-0.1, -0.05) is 24.3 Å². The summed E-state index contributed by atoms with van der Waals surface area (Å²) >= 11 is 0. The molecule has 0 aromatic heterocycles. The van der Waals surface area contributed by atoms with Crippen molar-refractivity contribution >= 4 is 0 Å². The van der Waals surface area contributed by atoms with Crippen LogP contribution in [0.4, 0.5) is 0 Å². The third kappa shape index (κ3) is 6.43. The Kier molecular flexibility index (Phi) is 10.4. The normalized spacial score (nSPS) is 45.9.